The maximum atomic E-state index is 11.1. The predicted molar refractivity (Wildman–Crippen MR) is 41.3 cm³/mol. The molecule has 0 aromatic carbocycles. The van der Waals surface area contributed by atoms with E-state index in [1.807, 2.05) is 0 Å². The van der Waals surface area contributed by atoms with Crippen molar-refractivity contribution < 1.29 is 9.53 Å². The molecule has 0 aromatic rings. The van der Waals surface area contributed by atoms with E-state index in [1.165, 1.54) is 6.42 Å². The van der Waals surface area contributed by atoms with Crippen molar-refractivity contribution in [3.8, 4) is 0 Å². The van der Waals surface area contributed by atoms with E-state index in [4.69, 9.17) is 4.74 Å². The third-order valence-corrected chi connectivity index (χ3v) is 2.97. The zero-order chi connectivity index (χ0) is 7.84. The van der Waals surface area contributed by atoms with E-state index in [9.17, 15) is 4.79 Å². The molecule has 0 spiro atoms. The first-order valence-electron chi connectivity index (χ1n) is 4.40. The summed E-state index contributed by atoms with van der Waals surface area (Å²) in [5, 5.41) is 0. The second-order valence-corrected chi connectivity index (χ2v) is 3.79. The lowest BCUT2D eigenvalue weighted by Crippen LogP contribution is -2.32. The second kappa shape index (κ2) is 2.59. The zero-order valence-corrected chi connectivity index (χ0v) is 6.88. The van der Waals surface area contributed by atoms with Crippen molar-refractivity contribution in [2.75, 3.05) is 6.61 Å². The topological polar surface area (TPSA) is 26.3 Å². The Bertz CT molecular complexity index is 176. The molecule has 2 fully saturated rings. The molecule has 0 radical (unpaired) electrons. The molecule has 11 heavy (non-hydrogen) atoms. The van der Waals surface area contributed by atoms with Gasteiger partial charge >= 0.3 is 0 Å². The predicted octanol–water partition coefficient (Wildman–Crippen LogP) is 1.39. The number of rotatable bonds is 0. The Hall–Kier alpha value is -0.370. The van der Waals surface area contributed by atoms with Crippen LogP contribution < -0.4 is 0 Å². The Balaban J connectivity index is 2.10. The van der Waals surface area contributed by atoms with Gasteiger partial charge < -0.3 is 4.74 Å². The van der Waals surface area contributed by atoms with Crippen LogP contribution in [-0.2, 0) is 9.53 Å². The largest absolute Gasteiger partial charge is 0.377 e. The summed E-state index contributed by atoms with van der Waals surface area (Å²) in [6, 6.07) is 0. The van der Waals surface area contributed by atoms with Crippen LogP contribution in [0.5, 0.6) is 0 Å². The normalized spacial score (nSPS) is 44.1. The Morgan fingerprint density at radius 3 is 3.09 bits per heavy atom. The minimum Gasteiger partial charge on any atom is -0.377 e. The van der Waals surface area contributed by atoms with Crippen molar-refractivity contribution in [2.45, 2.75) is 32.3 Å². The van der Waals surface area contributed by atoms with Crippen LogP contribution in [0.4, 0.5) is 0 Å². The van der Waals surface area contributed by atoms with Gasteiger partial charge in [-0.25, -0.2) is 0 Å². The Labute approximate surface area is 66.9 Å². The van der Waals surface area contributed by atoms with Crippen LogP contribution in [0, 0.1) is 11.8 Å². The quantitative estimate of drug-likeness (QED) is 0.527. The van der Waals surface area contributed by atoms with Gasteiger partial charge in [0.05, 0.1) is 6.10 Å². The van der Waals surface area contributed by atoms with Crippen LogP contribution >= 0.6 is 0 Å². The Morgan fingerprint density at radius 2 is 2.27 bits per heavy atom. The standard InChI is InChI=1S/C9H14O2/c1-6-4-7(10)5-9-8(6)2-3-11-9/h6,8-9H,2-5H2,1H3/t6?,8-,9+/m1/s1. The van der Waals surface area contributed by atoms with E-state index in [1.54, 1.807) is 0 Å². The molecule has 1 heterocycles. The van der Waals surface area contributed by atoms with E-state index in [0.29, 0.717) is 24.0 Å². The van der Waals surface area contributed by atoms with E-state index >= 15 is 0 Å². The molecular weight excluding hydrogens is 140 g/mol. The highest BCUT2D eigenvalue weighted by Crippen LogP contribution is 2.36. The molecule has 0 amide bonds. The number of carbonyl (C=O) groups is 1. The molecule has 62 valence electrons. The van der Waals surface area contributed by atoms with Gasteiger partial charge in [-0.1, -0.05) is 6.92 Å². The number of carbonyl (C=O) groups excluding carboxylic acids is 1. The maximum Gasteiger partial charge on any atom is 0.135 e. The van der Waals surface area contributed by atoms with Crippen molar-refractivity contribution in [3.05, 3.63) is 0 Å². The molecule has 0 N–H and O–H groups in total. The molecule has 2 aliphatic rings. The molecule has 0 bridgehead atoms. The summed E-state index contributed by atoms with van der Waals surface area (Å²) in [5.74, 6) is 1.62. The van der Waals surface area contributed by atoms with Gasteiger partial charge in [-0.15, -0.1) is 0 Å². The van der Waals surface area contributed by atoms with Crippen molar-refractivity contribution in [3.63, 3.8) is 0 Å². The van der Waals surface area contributed by atoms with Crippen molar-refractivity contribution >= 4 is 5.78 Å². The van der Waals surface area contributed by atoms with Crippen LogP contribution in [0.1, 0.15) is 26.2 Å². The van der Waals surface area contributed by atoms with Crippen LogP contribution in [0.2, 0.25) is 0 Å². The zero-order valence-electron chi connectivity index (χ0n) is 6.88. The van der Waals surface area contributed by atoms with Crippen molar-refractivity contribution in [2.24, 2.45) is 11.8 Å². The summed E-state index contributed by atoms with van der Waals surface area (Å²) >= 11 is 0. The molecule has 1 unspecified atom stereocenters. The van der Waals surface area contributed by atoms with Crippen LogP contribution in [-0.4, -0.2) is 18.5 Å². The number of ketones is 1. The summed E-state index contributed by atoms with van der Waals surface area (Å²) in [5.41, 5.74) is 0. The minimum absolute atomic E-state index is 0.270. The van der Waals surface area contributed by atoms with Gasteiger partial charge in [-0.3, -0.25) is 4.79 Å². The van der Waals surface area contributed by atoms with Gasteiger partial charge in [-0.2, -0.15) is 0 Å². The third kappa shape index (κ3) is 1.20. The molecule has 2 nitrogen and oxygen atoms in total. The SMILES string of the molecule is CC1CC(=O)C[C@@H]2OCC[C@H]12. The molecule has 2 heteroatoms. The molecule has 0 aromatic heterocycles. The molecule has 1 aliphatic carbocycles. The summed E-state index contributed by atoms with van der Waals surface area (Å²) in [4.78, 5) is 11.1. The Kier molecular flexibility index (Phi) is 1.72. The molecular formula is C9H14O2. The number of hydrogen-bond donors (Lipinski definition) is 0. The highest BCUT2D eigenvalue weighted by Gasteiger charge is 2.38. The highest BCUT2D eigenvalue weighted by atomic mass is 16.5. The first kappa shape index (κ1) is 7.29. The third-order valence-electron chi connectivity index (χ3n) is 2.97. The number of hydrogen-bond acceptors (Lipinski definition) is 2. The fraction of sp³-hybridized carbons (Fsp3) is 0.889. The van der Waals surface area contributed by atoms with Gasteiger partial charge in [0.25, 0.3) is 0 Å². The van der Waals surface area contributed by atoms with E-state index in [0.717, 1.165) is 13.0 Å². The van der Waals surface area contributed by atoms with E-state index < -0.39 is 0 Å². The van der Waals surface area contributed by atoms with Crippen LogP contribution in [0.3, 0.4) is 0 Å². The van der Waals surface area contributed by atoms with Gasteiger partial charge in [0, 0.05) is 19.4 Å². The molecule has 3 atom stereocenters. The van der Waals surface area contributed by atoms with Gasteiger partial charge in [0.15, 0.2) is 0 Å². The maximum absolute atomic E-state index is 11.1. The lowest BCUT2D eigenvalue weighted by atomic mass is 9.77. The lowest BCUT2D eigenvalue weighted by Gasteiger charge is -2.28. The molecule has 1 saturated heterocycles. The summed E-state index contributed by atoms with van der Waals surface area (Å²) in [6.07, 6.45) is 2.89. The van der Waals surface area contributed by atoms with Crippen molar-refractivity contribution in [1.29, 1.82) is 0 Å². The molecule has 1 saturated carbocycles. The second-order valence-electron chi connectivity index (χ2n) is 3.79. The van der Waals surface area contributed by atoms with E-state index in [2.05, 4.69) is 6.92 Å². The average Bonchev–Trinajstić information content (AvgIpc) is 2.34. The molecule has 2 rings (SSSR count). The minimum atomic E-state index is 0.270. The summed E-state index contributed by atoms with van der Waals surface area (Å²) in [6.45, 7) is 3.04. The number of ether oxygens (including phenoxy) is 1. The van der Waals surface area contributed by atoms with Crippen LogP contribution in [0.25, 0.3) is 0 Å². The number of Topliss-reactive ketones (excluding diaryl/α,β-unsaturated/α-hetero) is 1. The Morgan fingerprint density at radius 1 is 1.45 bits per heavy atom. The van der Waals surface area contributed by atoms with Gasteiger partial charge in [0.2, 0.25) is 0 Å². The first-order valence-corrected chi connectivity index (χ1v) is 4.40. The van der Waals surface area contributed by atoms with E-state index in [-0.39, 0.29) is 6.10 Å². The average molecular weight is 154 g/mol. The smallest absolute Gasteiger partial charge is 0.135 e. The summed E-state index contributed by atoms with van der Waals surface area (Å²) < 4.78 is 5.48. The number of fused-ring (bicyclic) bond motifs is 1. The fourth-order valence-electron chi connectivity index (χ4n) is 2.34. The van der Waals surface area contributed by atoms with Crippen LogP contribution in [0.15, 0.2) is 0 Å². The monoisotopic (exact) mass is 154 g/mol. The van der Waals surface area contributed by atoms with Gasteiger partial charge in [0.1, 0.15) is 5.78 Å². The first-order chi connectivity index (χ1) is 5.27. The summed E-state index contributed by atoms with van der Waals surface area (Å²) in [7, 11) is 0. The fourth-order valence-corrected chi connectivity index (χ4v) is 2.34. The van der Waals surface area contributed by atoms with Gasteiger partial charge in [-0.05, 0) is 18.3 Å². The highest BCUT2D eigenvalue weighted by molar-refractivity contribution is 5.80. The van der Waals surface area contributed by atoms with Crippen molar-refractivity contribution in [1.82, 2.24) is 0 Å². The lowest BCUT2D eigenvalue weighted by molar-refractivity contribution is -0.126. The molecule has 1 aliphatic heterocycles.